The zero-order valence-corrected chi connectivity index (χ0v) is 22.4. The number of nitrogens with one attached hydrogen (secondary N) is 1. The lowest BCUT2D eigenvalue weighted by atomic mass is 9.95. The van der Waals surface area contributed by atoms with Crippen molar-refractivity contribution in [2.24, 2.45) is 0 Å². The highest BCUT2D eigenvalue weighted by Crippen LogP contribution is 2.37. The van der Waals surface area contributed by atoms with E-state index in [1.165, 1.54) is 29.4 Å². The van der Waals surface area contributed by atoms with E-state index in [1.54, 1.807) is 11.8 Å². The van der Waals surface area contributed by atoms with Gasteiger partial charge in [-0.05, 0) is 50.1 Å². The molecule has 0 spiro atoms. The number of hydrogen-bond acceptors (Lipinski definition) is 5. The Balaban J connectivity index is 0.000000251. The molecule has 2 unspecified atom stereocenters. The summed E-state index contributed by atoms with van der Waals surface area (Å²) in [5, 5.41) is 5.79. The van der Waals surface area contributed by atoms with Crippen molar-refractivity contribution in [1.29, 1.82) is 0 Å². The number of halogens is 1. The molecule has 2 aromatic rings. The summed E-state index contributed by atoms with van der Waals surface area (Å²) in [7, 11) is 0. The molecule has 3 N–H and O–H groups in total. The van der Waals surface area contributed by atoms with Crippen LogP contribution in [0.4, 0.5) is 5.00 Å². The van der Waals surface area contributed by atoms with Crippen LogP contribution < -0.4 is 11.1 Å². The van der Waals surface area contributed by atoms with E-state index >= 15 is 0 Å². The average Bonchev–Trinajstić information content (AvgIpc) is 3.07. The maximum Gasteiger partial charge on any atom is 0.216 e. The third-order valence-electron chi connectivity index (χ3n) is 4.61. The molecule has 174 valence electrons. The molecule has 4 nitrogen and oxygen atoms in total. The number of carbonyl (C=O) groups excluding carboxylic acids is 2. The topological polar surface area (TPSA) is 72.2 Å². The predicted molar refractivity (Wildman–Crippen MR) is 145 cm³/mol. The van der Waals surface area contributed by atoms with E-state index in [-0.39, 0.29) is 21.8 Å². The van der Waals surface area contributed by atoms with Crippen LogP contribution in [0.1, 0.15) is 46.6 Å². The van der Waals surface area contributed by atoms with E-state index in [9.17, 15) is 9.59 Å². The number of benzene rings is 1. The van der Waals surface area contributed by atoms with E-state index in [1.807, 2.05) is 49.6 Å². The molecule has 0 radical (unpaired) electrons. The quantitative estimate of drug-likeness (QED) is 0.339. The predicted octanol–water partition coefficient (Wildman–Crippen LogP) is 6.47. The number of aryl methyl sites for hydroxylation is 1. The van der Waals surface area contributed by atoms with E-state index < -0.39 is 0 Å². The molecule has 0 bridgehead atoms. The van der Waals surface area contributed by atoms with Crippen molar-refractivity contribution in [3.05, 3.63) is 76.0 Å². The summed E-state index contributed by atoms with van der Waals surface area (Å²) in [4.78, 5) is 23.1. The first-order valence-electron chi connectivity index (χ1n) is 10.4. The Labute approximate surface area is 208 Å². The second kappa shape index (κ2) is 15.1. The fraction of sp³-hybridized carbons (Fsp3) is 0.360. The Bertz CT molecular complexity index is 910. The number of allylic oxidation sites excluding steroid dienone is 1. The summed E-state index contributed by atoms with van der Waals surface area (Å²) < 4.78 is 0. The lowest BCUT2D eigenvalue weighted by Crippen LogP contribution is -2.27. The molecule has 0 saturated heterocycles. The molecule has 0 fully saturated rings. The summed E-state index contributed by atoms with van der Waals surface area (Å²) in [6.07, 6.45) is 5.66. The number of thioether (sulfide) groups is 1. The van der Waals surface area contributed by atoms with Gasteiger partial charge in [0.15, 0.2) is 5.78 Å². The highest BCUT2D eigenvalue weighted by molar-refractivity contribution is 9.10. The SMILES string of the molecule is C=CC(CNC(C)=O)S/C=C\C.Cc1c(N)sc2c1CCC(Br)C2=O.Cc1ccccc1. The molecular formula is C25H33BrN2O2S2. The van der Waals surface area contributed by atoms with Crippen molar-refractivity contribution in [3.63, 3.8) is 0 Å². The summed E-state index contributed by atoms with van der Waals surface area (Å²) in [6, 6.07) is 10.3. The van der Waals surface area contributed by atoms with Gasteiger partial charge in [-0.25, -0.2) is 0 Å². The van der Waals surface area contributed by atoms with Crippen molar-refractivity contribution in [2.45, 2.75) is 50.6 Å². The first-order valence-corrected chi connectivity index (χ1v) is 13.1. The molecule has 1 amide bonds. The minimum atomic E-state index is -0.00236. The number of ketones is 1. The number of alkyl halides is 1. The highest BCUT2D eigenvalue weighted by atomic mass is 79.9. The maximum absolute atomic E-state index is 11.7. The number of amides is 1. The van der Waals surface area contributed by atoms with Crippen LogP contribution in [0.25, 0.3) is 0 Å². The van der Waals surface area contributed by atoms with Crippen LogP contribution in [0.5, 0.6) is 0 Å². The van der Waals surface area contributed by atoms with Crippen molar-refractivity contribution < 1.29 is 9.59 Å². The number of anilines is 1. The van der Waals surface area contributed by atoms with E-state index in [0.717, 1.165) is 28.3 Å². The number of Topliss-reactive ketones (excluding diaryl/α,β-unsaturated/α-hetero) is 1. The second-order valence-electron chi connectivity index (χ2n) is 7.24. The van der Waals surface area contributed by atoms with Gasteiger partial charge in [0.2, 0.25) is 5.91 Å². The minimum absolute atomic E-state index is 0.00236. The summed E-state index contributed by atoms with van der Waals surface area (Å²) in [5.41, 5.74) is 9.37. The van der Waals surface area contributed by atoms with Gasteiger partial charge in [0.25, 0.3) is 0 Å². The molecule has 0 aliphatic heterocycles. The smallest absolute Gasteiger partial charge is 0.216 e. The van der Waals surface area contributed by atoms with Gasteiger partial charge in [0.05, 0.1) is 14.7 Å². The normalized spacial score (nSPS) is 15.5. The summed E-state index contributed by atoms with van der Waals surface area (Å²) >= 11 is 6.45. The lowest BCUT2D eigenvalue weighted by Gasteiger charge is -2.15. The standard InChI is InChI=1S/C9H10BrNOS.C9H15NOS.C7H8/c1-4-5-2-3-6(10)7(12)8(5)13-9(4)11;1-4-6-12-9(5-2)7-10-8(3)11;1-7-5-3-2-4-6-7/h6H,2-3,11H2,1H3;4-6,9H,2,7H2,1,3H3,(H,10,11);2-6H,1H3/b;6-4-;. The van der Waals surface area contributed by atoms with Crippen LogP contribution in [0, 0.1) is 13.8 Å². The van der Waals surface area contributed by atoms with Crippen LogP contribution in [0.15, 0.2) is 54.5 Å². The molecule has 7 heteroatoms. The molecule has 0 saturated carbocycles. The maximum atomic E-state index is 11.7. The number of thiophene rings is 1. The van der Waals surface area contributed by atoms with Gasteiger partial charge in [0, 0.05) is 18.7 Å². The first-order chi connectivity index (χ1) is 15.2. The average molecular weight is 538 g/mol. The number of fused-ring (bicyclic) bond motifs is 1. The fourth-order valence-corrected chi connectivity index (χ4v) is 5.13. The van der Waals surface area contributed by atoms with E-state index in [0.29, 0.717) is 6.54 Å². The monoisotopic (exact) mass is 536 g/mol. The van der Waals surface area contributed by atoms with Crippen LogP contribution >= 0.6 is 39.0 Å². The minimum Gasteiger partial charge on any atom is -0.390 e. The largest absolute Gasteiger partial charge is 0.390 e. The molecule has 1 aromatic carbocycles. The molecular weight excluding hydrogens is 504 g/mol. The van der Waals surface area contributed by atoms with Gasteiger partial charge in [-0.2, -0.15) is 0 Å². The van der Waals surface area contributed by atoms with Gasteiger partial charge >= 0.3 is 0 Å². The highest BCUT2D eigenvalue weighted by Gasteiger charge is 2.29. The molecule has 1 aromatic heterocycles. The molecule has 2 atom stereocenters. The Hall–Kier alpha value is -1.83. The van der Waals surface area contributed by atoms with E-state index in [2.05, 4.69) is 46.9 Å². The molecule has 32 heavy (non-hydrogen) atoms. The number of hydrogen-bond donors (Lipinski definition) is 2. The van der Waals surface area contributed by atoms with Crippen LogP contribution in [-0.2, 0) is 11.2 Å². The summed E-state index contributed by atoms with van der Waals surface area (Å²) in [6.45, 7) is 11.9. The van der Waals surface area contributed by atoms with Crippen molar-refractivity contribution in [1.82, 2.24) is 5.32 Å². The van der Waals surface area contributed by atoms with E-state index in [4.69, 9.17) is 5.73 Å². The third-order valence-corrected chi connectivity index (χ3v) is 7.80. The zero-order valence-electron chi connectivity index (χ0n) is 19.2. The third kappa shape index (κ3) is 9.76. The zero-order chi connectivity index (χ0) is 24.1. The number of carbonyl (C=O) groups is 2. The molecule has 1 aliphatic carbocycles. The Kier molecular flexibility index (Phi) is 13.3. The van der Waals surface area contributed by atoms with Gasteiger partial charge in [-0.3, -0.25) is 9.59 Å². The number of nitrogen functional groups attached to an aromatic ring is 1. The number of rotatable bonds is 5. The van der Waals surface area contributed by atoms with Crippen molar-refractivity contribution >= 4 is 55.7 Å². The van der Waals surface area contributed by atoms with Gasteiger partial charge in [0.1, 0.15) is 0 Å². The van der Waals surface area contributed by atoms with Gasteiger partial charge in [-0.15, -0.1) is 29.7 Å². The Morgan fingerprint density at radius 1 is 1.38 bits per heavy atom. The molecule has 1 heterocycles. The van der Waals surface area contributed by atoms with Crippen LogP contribution in [0.3, 0.4) is 0 Å². The summed E-state index contributed by atoms with van der Waals surface area (Å²) in [5.74, 6) is 0.203. The Morgan fingerprint density at radius 3 is 2.53 bits per heavy atom. The second-order valence-corrected chi connectivity index (χ2v) is 10.5. The fourth-order valence-electron chi connectivity index (χ4n) is 2.76. The first kappa shape index (κ1) is 28.2. The number of nitrogens with two attached hydrogens (primary N) is 1. The van der Waals surface area contributed by atoms with Gasteiger partial charge in [-0.1, -0.05) is 64.0 Å². The van der Waals surface area contributed by atoms with Crippen LogP contribution in [0.2, 0.25) is 0 Å². The van der Waals surface area contributed by atoms with Crippen molar-refractivity contribution in [3.8, 4) is 0 Å². The molecule has 3 rings (SSSR count). The van der Waals surface area contributed by atoms with Gasteiger partial charge < -0.3 is 11.1 Å². The van der Waals surface area contributed by atoms with Crippen molar-refractivity contribution in [2.75, 3.05) is 12.3 Å². The van der Waals surface area contributed by atoms with Crippen LogP contribution in [-0.4, -0.2) is 28.3 Å². The lowest BCUT2D eigenvalue weighted by molar-refractivity contribution is -0.118. The Morgan fingerprint density at radius 2 is 2.03 bits per heavy atom. The molecule has 1 aliphatic rings.